The first-order valence-electron chi connectivity index (χ1n) is 7.57. The van der Waals surface area contributed by atoms with Crippen LogP contribution in [0.4, 0.5) is 0 Å². The van der Waals surface area contributed by atoms with Gasteiger partial charge in [0.15, 0.2) is 0 Å². The first kappa shape index (κ1) is 14.5. The summed E-state index contributed by atoms with van der Waals surface area (Å²) in [7, 11) is 0. The molecule has 0 saturated carbocycles. The van der Waals surface area contributed by atoms with Crippen LogP contribution in [0.25, 0.3) is 0 Å². The maximum atomic E-state index is 5.09. The summed E-state index contributed by atoms with van der Waals surface area (Å²) >= 11 is 0. The van der Waals surface area contributed by atoms with Gasteiger partial charge in [-0.2, -0.15) is 0 Å². The van der Waals surface area contributed by atoms with E-state index in [1.165, 1.54) is 38.9 Å². The van der Waals surface area contributed by atoms with Gasteiger partial charge in [0.2, 0.25) is 0 Å². The van der Waals surface area contributed by atoms with Crippen LogP contribution in [-0.2, 0) is 6.54 Å². The number of aryl methyl sites for hydroxylation is 1. The Balaban J connectivity index is 1.77. The summed E-state index contributed by atoms with van der Waals surface area (Å²) in [5.41, 5.74) is 1.01. The molecule has 0 amide bonds. The van der Waals surface area contributed by atoms with Crippen molar-refractivity contribution in [2.45, 2.75) is 52.6 Å². The van der Waals surface area contributed by atoms with Gasteiger partial charge in [0.1, 0.15) is 5.76 Å². The molecule has 1 aromatic rings. The minimum Gasteiger partial charge on any atom is -0.361 e. The van der Waals surface area contributed by atoms with Crippen LogP contribution in [0.2, 0.25) is 0 Å². The molecule has 0 aliphatic carbocycles. The average Bonchev–Trinajstić information content (AvgIpc) is 2.82. The summed E-state index contributed by atoms with van der Waals surface area (Å²) in [5, 5.41) is 7.62. The number of nitrogens with one attached hydrogen (secondary N) is 1. The third-order valence-electron chi connectivity index (χ3n) is 4.07. The lowest BCUT2D eigenvalue weighted by Crippen LogP contribution is -2.44. The molecule has 0 radical (unpaired) electrons. The summed E-state index contributed by atoms with van der Waals surface area (Å²) in [4.78, 5) is 2.60. The number of piperidine rings is 1. The molecule has 2 atom stereocenters. The maximum absolute atomic E-state index is 5.09. The Morgan fingerprint density at radius 2 is 2.42 bits per heavy atom. The molecular formula is C15H27N3O. The fourth-order valence-corrected chi connectivity index (χ4v) is 2.95. The van der Waals surface area contributed by atoms with Crippen LogP contribution in [0.1, 0.15) is 44.6 Å². The van der Waals surface area contributed by atoms with Crippen molar-refractivity contribution in [3.8, 4) is 0 Å². The number of hydrogen-bond donors (Lipinski definition) is 1. The van der Waals surface area contributed by atoms with E-state index in [2.05, 4.69) is 29.2 Å². The smallest absolute Gasteiger partial charge is 0.133 e. The number of hydrogen-bond acceptors (Lipinski definition) is 4. The van der Waals surface area contributed by atoms with Crippen LogP contribution >= 0.6 is 0 Å². The van der Waals surface area contributed by atoms with Crippen LogP contribution in [-0.4, -0.2) is 35.7 Å². The topological polar surface area (TPSA) is 41.3 Å². The van der Waals surface area contributed by atoms with Crippen molar-refractivity contribution < 1.29 is 4.52 Å². The Kier molecular flexibility index (Phi) is 5.40. The van der Waals surface area contributed by atoms with Gasteiger partial charge >= 0.3 is 0 Å². The van der Waals surface area contributed by atoms with Crippen molar-refractivity contribution in [2.24, 2.45) is 5.92 Å². The fraction of sp³-hybridized carbons (Fsp3) is 0.800. The monoisotopic (exact) mass is 265 g/mol. The second-order valence-corrected chi connectivity index (χ2v) is 5.80. The molecule has 1 aliphatic heterocycles. The van der Waals surface area contributed by atoms with Crippen LogP contribution < -0.4 is 5.32 Å². The van der Waals surface area contributed by atoms with Crippen molar-refractivity contribution in [1.82, 2.24) is 15.4 Å². The second kappa shape index (κ2) is 7.06. The Labute approximate surface area is 116 Å². The van der Waals surface area contributed by atoms with Crippen LogP contribution in [0.15, 0.2) is 10.6 Å². The lowest BCUT2D eigenvalue weighted by atomic mass is 9.91. The zero-order valence-electron chi connectivity index (χ0n) is 12.5. The quantitative estimate of drug-likeness (QED) is 0.858. The van der Waals surface area contributed by atoms with E-state index < -0.39 is 0 Å². The molecule has 0 bridgehead atoms. The molecule has 1 saturated heterocycles. The van der Waals surface area contributed by atoms with Gasteiger partial charge < -0.3 is 14.7 Å². The fourth-order valence-electron chi connectivity index (χ4n) is 2.95. The molecule has 1 aliphatic rings. The van der Waals surface area contributed by atoms with Crippen molar-refractivity contribution in [3.05, 3.63) is 17.5 Å². The zero-order chi connectivity index (χ0) is 13.7. The van der Waals surface area contributed by atoms with Gasteiger partial charge in [0.05, 0.1) is 5.69 Å². The molecule has 1 fully saturated rings. The molecule has 108 valence electrons. The molecule has 0 spiro atoms. The third kappa shape index (κ3) is 4.32. The number of nitrogens with zero attached hydrogens (tertiary/aromatic N) is 2. The van der Waals surface area contributed by atoms with Gasteiger partial charge in [-0.1, -0.05) is 12.1 Å². The zero-order valence-corrected chi connectivity index (χ0v) is 12.5. The molecule has 4 nitrogen and oxygen atoms in total. The van der Waals surface area contributed by atoms with E-state index in [9.17, 15) is 0 Å². The van der Waals surface area contributed by atoms with Crippen molar-refractivity contribution in [2.75, 3.05) is 19.6 Å². The lowest BCUT2D eigenvalue weighted by molar-refractivity contribution is 0.150. The van der Waals surface area contributed by atoms with Gasteiger partial charge in [-0.15, -0.1) is 0 Å². The molecule has 2 heterocycles. The van der Waals surface area contributed by atoms with E-state index in [-0.39, 0.29) is 0 Å². The highest BCUT2D eigenvalue weighted by atomic mass is 16.5. The van der Waals surface area contributed by atoms with Crippen LogP contribution in [0, 0.1) is 12.8 Å². The van der Waals surface area contributed by atoms with E-state index in [4.69, 9.17) is 4.52 Å². The van der Waals surface area contributed by atoms with E-state index in [0.717, 1.165) is 23.9 Å². The van der Waals surface area contributed by atoms with E-state index in [1.54, 1.807) is 0 Å². The number of likely N-dealkylation sites (tertiary alicyclic amines) is 1. The van der Waals surface area contributed by atoms with E-state index >= 15 is 0 Å². The highest BCUT2D eigenvalue weighted by Crippen LogP contribution is 2.20. The first-order chi connectivity index (χ1) is 9.19. The van der Waals surface area contributed by atoms with Gasteiger partial charge in [-0.3, -0.25) is 0 Å². The van der Waals surface area contributed by atoms with Crippen LogP contribution in [0.5, 0.6) is 0 Å². The molecular weight excluding hydrogens is 238 g/mol. The molecule has 4 heteroatoms. The molecule has 0 aromatic carbocycles. The van der Waals surface area contributed by atoms with Crippen molar-refractivity contribution in [1.29, 1.82) is 0 Å². The Morgan fingerprint density at radius 3 is 3.11 bits per heavy atom. The summed E-state index contributed by atoms with van der Waals surface area (Å²) in [6, 6.07) is 2.54. The lowest BCUT2D eigenvalue weighted by Gasteiger charge is -2.36. The highest BCUT2D eigenvalue weighted by Gasteiger charge is 2.23. The first-order valence-corrected chi connectivity index (χ1v) is 7.57. The van der Waals surface area contributed by atoms with E-state index in [1.807, 2.05) is 13.0 Å². The molecule has 1 N–H and O–H groups in total. The predicted octanol–water partition coefficient (Wildman–Crippen LogP) is 2.58. The highest BCUT2D eigenvalue weighted by molar-refractivity contribution is 5.03. The third-order valence-corrected chi connectivity index (χ3v) is 4.07. The minimum absolute atomic E-state index is 0.539. The largest absolute Gasteiger partial charge is 0.361 e. The standard InChI is InChI=1S/C15H27N3O/c1-4-7-18-8-5-6-14(11-18)13(3)16-10-15-9-12(2)19-17-15/h9,13-14,16H,4-8,10-11H2,1-3H3. The Bertz CT molecular complexity index is 375. The average molecular weight is 265 g/mol. The molecule has 1 aromatic heterocycles. The van der Waals surface area contributed by atoms with Crippen molar-refractivity contribution in [3.63, 3.8) is 0 Å². The summed E-state index contributed by atoms with van der Waals surface area (Å²) in [6.07, 6.45) is 3.93. The van der Waals surface area contributed by atoms with Gasteiger partial charge in [0, 0.05) is 25.2 Å². The minimum atomic E-state index is 0.539. The van der Waals surface area contributed by atoms with Gasteiger partial charge in [-0.05, 0) is 52.1 Å². The second-order valence-electron chi connectivity index (χ2n) is 5.80. The molecule has 19 heavy (non-hydrogen) atoms. The van der Waals surface area contributed by atoms with Crippen LogP contribution in [0.3, 0.4) is 0 Å². The maximum Gasteiger partial charge on any atom is 0.133 e. The summed E-state index contributed by atoms with van der Waals surface area (Å²) in [5.74, 6) is 1.64. The normalized spacial score (nSPS) is 22.6. The Morgan fingerprint density at radius 1 is 1.58 bits per heavy atom. The molecule has 2 unspecified atom stereocenters. The number of aromatic nitrogens is 1. The summed E-state index contributed by atoms with van der Waals surface area (Å²) in [6.45, 7) is 11.1. The number of rotatable bonds is 6. The van der Waals surface area contributed by atoms with E-state index in [0.29, 0.717) is 6.04 Å². The SMILES string of the molecule is CCCN1CCCC(C(C)NCc2cc(C)on2)C1. The Hall–Kier alpha value is -0.870. The van der Waals surface area contributed by atoms with Gasteiger partial charge in [-0.25, -0.2) is 0 Å². The van der Waals surface area contributed by atoms with Crippen molar-refractivity contribution >= 4 is 0 Å². The molecule has 2 rings (SSSR count). The summed E-state index contributed by atoms with van der Waals surface area (Å²) < 4.78 is 5.09. The van der Waals surface area contributed by atoms with Gasteiger partial charge in [0.25, 0.3) is 0 Å². The predicted molar refractivity (Wildman–Crippen MR) is 77.0 cm³/mol.